The van der Waals surface area contributed by atoms with Crippen LogP contribution in [-0.2, 0) is 0 Å². The first-order valence-corrected chi connectivity index (χ1v) is 6.42. The molecule has 1 aromatic carbocycles. The van der Waals surface area contributed by atoms with E-state index in [0.717, 1.165) is 22.5 Å². The molecule has 0 aliphatic carbocycles. The zero-order chi connectivity index (χ0) is 13.9. The molecule has 0 fully saturated rings. The maximum Gasteiger partial charge on any atom is 0.159 e. The third-order valence-corrected chi connectivity index (χ3v) is 3.06. The van der Waals surface area contributed by atoms with E-state index in [1.165, 1.54) is 5.56 Å². The Morgan fingerprint density at radius 3 is 2.00 bits per heavy atom. The molecule has 2 aromatic heterocycles. The summed E-state index contributed by atoms with van der Waals surface area (Å²) < 4.78 is 0. The summed E-state index contributed by atoms with van der Waals surface area (Å²) in [4.78, 5) is 8.80. The molecule has 0 bridgehead atoms. The number of benzene rings is 1. The average molecular weight is 262 g/mol. The number of rotatable bonds is 2. The fourth-order valence-corrected chi connectivity index (χ4v) is 1.86. The van der Waals surface area contributed by atoms with Gasteiger partial charge < -0.3 is 0 Å². The van der Waals surface area contributed by atoms with Crippen LogP contribution in [0.5, 0.6) is 0 Å². The first kappa shape index (κ1) is 12.4. The molecule has 4 nitrogen and oxygen atoms in total. The Hall–Kier alpha value is -2.62. The normalized spacial score (nSPS) is 10.5. The van der Waals surface area contributed by atoms with Crippen LogP contribution in [0.25, 0.3) is 22.6 Å². The van der Waals surface area contributed by atoms with Gasteiger partial charge in [0.2, 0.25) is 0 Å². The molecular formula is C16H14N4. The van der Waals surface area contributed by atoms with Crippen LogP contribution in [0.2, 0.25) is 0 Å². The zero-order valence-electron chi connectivity index (χ0n) is 11.4. The highest BCUT2D eigenvalue weighted by molar-refractivity contribution is 5.60. The lowest BCUT2D eigenvalue weighted by Gasteiger charge is -2.03. The second-order valence-electron chi connectivity index (χ2n) is 4.72. The summed E-state index contributed by atoms with van der Waals surface area (Å²) in [7, 11) is 0. The van der Waals surface area contributed by atoms with Crippen LogP contribution in [0, 0.1) is 13.8 Å². The second kappa shape index (κ2) is 5.17. The van der Waals surface area contributed by atoms with E-state index in [-0.39, 0.29) is 0 Å². The molecule has 3 rings (SSSR count). The van der Waals surface area contributed by atoms with E-state index in [1.807, 2.05) is 31.2 Å². The van der Waals surface area contributed by atoms with Crippen molar-refractivity contribution in [2.24, 2.45) is 0 Å². The minimum atomic E-state index is 0.717. The van der Waals surface area contributed by atoms with E-state index < -0.39 is 0 Å². The Labute approximate surface area is 117 Å². The van der Waals surface area contributed by atoms with Gasteiger partial charge in [0.15, 0.2) is 5.82 Å². The van der Waals surface area contributed by atoms with Gasteiger partial charge in [-0.3, -0.25) is 0 Å². The predicted octanol–water partition coefficient (Wildman–Crippen LogP) is 3.22. The quantitative estimate of drug-likeness (QED) is 0.711. The smallest absolute Gasteiger partial charge is 0.159 e. The van der Waals surface area contributed by atoms with Gasteiger partial charge in [0.05, 0.1) is 11.4 Å². The van der Waals surface area contributed by atoms with Crippen molar-refractivity contribution in [1.82, 2.24) is 20.2 Å². The molecule has 0 unspecified atom stereocenters. The van der Waals surface area contributed by atoms with Crippen LogP contribution in [0.4, 0.5) is 0 Å². The first-order valence-electron chi connectivity index (χ1n) is 6.42. The third-order valence-electron chi connectivity index (χ3n) is 3.06. The van der Waals surface area contributed by atoms with Crippen molar-refractivity contribution in [2.75, 3.05) is 0 Å². The Morgan fingerprint density at radius 2 is 1.40 bits per heavy atom. The molecule has 0 spiro atoms. The van der Waals surface area contributed by atoms with Gasteiger partial charge in [-0.15, -0.1) is 0 Å². The van der Waals surface area contributed by atoms with E-state index in [4.69, 9.17) is 0 Å². The van der Waals surface area contributed by atoms with Crippen LogP contribution in [0.1, 0.15) is 11.3 Å². The van der Waals surface area contributed by atoms with Crippen LogP contribution < -0.4 is 0 Å². The SMILES string of the molecule is Cc1ccc(-c2ncc(-c3ccc(C)nn3)cn2)cc1. The lowest BCUT2D eigenvalue weighted by molar-refractivity contribution is 0.983. The van der Waals surface area contributed by atoms with Crippen molar-refractivity contribution in [2.45, 2.75) is 13.8 Å². The highest BCUT2D eigenvalue weighted by Crippen LogP contribution is 2.18. The fourth-order valence-electron chi connectivity index (χ4n) is 1.86. The highest BCUT2D eigenvalue weighted by Gasteiger charge is 2.04. The molecule has 98 valence electrons. The van der Waals surface area contributed by atoms with Crippen LogP contribution in [-0.4, -0.2) is 20.2 Å². The largest absolute Gasteiger partial charge is 0.236 e. The van der Waals surface area contributed by atoms with E-state index >= 15 is 0 Å². The van der Waals surface area contributed by atoms with Gasteiger partial charge in [-0.1, -0.05) is 29.8 Å². The van der Waals surface area contributed by atoms with Crippen molar-refractivity contribution in [3.05, 3.63) is 60.0 Å². The molecule has 0 N–H and O–H groups in total. The van der Waals surface area contributed by atoms with Crippen molar-refractivity contribution in [3.63, 3.8) is 0 Å². The Morgan fingerprint density at radius 1 is 0.700 bits per heavy atom. The highest BCUT2D eigenvalue weighted by atomic mass is 15.1. The summed E-state index contributed by atoms with van der Waals surface area (Å²) in [5.41, 5.74) is 4.78. The Kier molecular flexibility index (Phi) is 3.21. The minimum Gasteiger partial charge on any atom is -0.236 e. The lowest BCUT2D eigenvalue weighted by Crippen LogP contribution is -1.93. The topological polar surface area (TPSA) is 51.6 Å². The third kappa shape index (κ3) is 2.54. The van der Waals surface area contributed by atoms with Gasteiger partial charge in [0, 0.05) is 23.5 Å². The standard InChI is InChI=1S/C16H14N4/c1-11-3-6-13(7-4-11)16-17-9-14(10-18-16)15-8-5-12(2)19-20-15/h3-10H,1-2H3. The second-order valence-corrected chi connectivity index (χ2v) is 4.72. The zero-order valence-corrected chi connectivity index (χ0v) is 11.4. The molecule has 4 heteroatoms. The van der Waals surface area contributed by atoms with Gasteiger partial charge >= 0.3 is 0 Å². The Balaban J connectivity index is 1.91. The molecule has 2 heterocycles. The summed E-state index contributed by atoms with van der Waals surface area (Å²) in [6.45, 7) is 3.97. The number of aromatic nitrogens is 4. The van der Waals surface area contributed by atoms with Gasteiger partial charge in [-0.2, -0.15) is 10.2 Å². The van der Waals surface area contributed by atoms with E-state index in [2.05, 4.69) is 39.2 Å². The summed E-state index contributed by atoms with van der Waals surface area (Å²) in [6.07, 6.45) is 3.56. The molecule has 0 aliphatic rings. The minimum absolute atomic E-state index is 0.717. The maximum absolute atomic E-state index is 4.40. The van der Waals surface area contributed by atoms with E-state index in [1.54, 1.807) is 12.4 Å². The van der Waals surface area contributed by atoms with Gasteiger partial charge in [0.25, 0.3) is 0 Å². The molecule has 0 amide bonds. The van der Waals surface area contributed by atoms with Gasteiger partial charge in [-0.05, 0) is 26.0 Å². The number of hydrogen-bond acceptors (Lipinski definition) is 4. The van der Waals surface area contributed by atoms with Crippen LogP contribution in [0.15, 0.2) is 48.8 Å². The number of nitrogens with zero attached hydrogens (tertiary/aromatic N) is 4. The van der Waals surface area contributed by atoms with Gasteiger partial charge in [0.1, 0.15) is 0 Å². The molecule has 0 saturated carbocycles. The van der Waals surface area contributed by atoms with Crippen molar-refractivity contribution in [3.8, 4) is 22.6 Å². The monoisotopic (exact) mass is 262 g/mol. The van der Waals surface area contributed by atoms with Crippen molar-refractivity contribution < 1.29 is 0 Å². The molecular weight excluding hydrogens is 248 g/mol. The molecule has 3 aromatic rings. The summed E-state index contributed by atoms with van der Waals surface area (Å²) >= 11 is 0. The molecule has 0 aliphatic heterocycles. The maximum atomic E-state index is 4.40. The predicted molar refractivity (Wildman–Crippen MR) is 78.0 cm³/mol. The van der Waals surface area contributed by atoms with Gasteiger partial charge in [-0.25, -0.2) is 9.97 Å². The molecule has 0 atom stereocenters. The Bertz CT molecular complexity index is 636. The van der Waals surface area contributed by atoms with Crippen molar-refractivity contribution in [1.29, 1.82) is 0 Å². The number of aryl methyl sites for hydroxylation is 2. The number of hydrogen-bond donors (Lipinski definition) is 0. The lowest BCUT2D eigenvalue weighted by atomic mass is 10.1. The van der Waals surface area contributed by atoms with Crippen LogP contribution >= 0.6 is 0 Å². The van der Waals surface area contributed by atoms with E-state index in [0.29, 0.717) is 5.82 Å². The van der Waals surface area contributed by atoms with Crippen LogP contribution in [0.3, 0.4) is 0 Å². The fraction of sp³-hybridized carbons (Fsp3) is 0.125. The van der Waals surface area contributed by atoms with E-state index in [9.17, 15) is 0 Å². The summed E-state index contributed by atoms with van der Waals surface area (Å²) in [5.74, 6) is 0.717. The molecule has 0 saturated heterocycles. The summed E-state index contributed by atoms with van der Waals surface area (Å²) in [5, 5.41) is 8.17. The van der Waals surface area contributed by atoms with Crippen molar-refractivity contribution >= 4 is 0 Å². The average Bonchev–Trinajstić information content (AvgIpc) is 2.49. The molecule has 0 radical (unpaired) electrons. The molecule has 20 heavy (non-hydrogen) atoms. The first-order chi connectivity index (χ1) is 9.72. The summed E-state index contributed by atoms with van der Waals surface area (Å²) in [6, 6.07) is 12.0.